The van der Waals surface area contributed by atoms with Crippen LogP contribution in [0.3, 0.4) is 0 Å². The number of nitrogens with one attached hydrogen (secondary N) is 1. The molecule has 2 aromatic heterocycles. The van der Waals surface area contributed by atoms with Crippen LogP contribution in [0, 0.1) is 6.92 Å². The number of amides is 2. The fourth-order valence-electron chi connectivity index (χ4n) is 2.64. The summed E-state index contributed by atoms with van der Waals surface area (Å²) in [5.41, 5.74) is 0. The van der Waals surface area contributed by atoms with Gasteiger partial charge in [-0.15, -0.1) is 11.3 Å². The van der Waals surface area contributed by atoms with E-state index in [1.807, 2.05) is 34.8 Å². The molecule has 7 heteroatoms. The molecule has 0 aliphatic carbocycles. The maximum Gasteiger partial charge on any atom is 0.264 e. The van der Waals surface area contributed by atoms with Crippen LogP contribution in [0.15, 0.2) is 24.4 Å². The van der Waals surface area contributed by atoms with Crippen molar-refractivity contribution >= 4 is 29.0 Å². The number of carbonyl (C=O) groups excluding carboxylic acids is 2. The number of aryl methyl sites for hydroxylation is 1. The smallest absolute Gasteiger partial charge is 0.264 e. The van der Waals surface area contributed by atoms with Gasteiger partial charge in [-0.25, -0.2) is 0 Å². The summed E-state index contributed by atoms with van der Waals surface area (Å²) in [4.78, 5) is 27.3. The van der Waals surface area contributed by atoms with Crippen LogP contribution in [0.5, 0.6) is 0 Å². The SMILES string of the molecule is CC(=O)Nc1ccn([C@H]2CCN(C(=O)c3ccc(C)s3)C2)n1. The molecule has 0 saturated carbocycles. The van der Waals surface area contributed by atoms with Crippen LogP contribution in [0.2, 0.25) is 0 Å². The van der Waals surface area contributed by atoms with Crippen LogP contribution in [0.4, 0.5) is 5.82 Å². The number of hydrogen-bond acceptors (Lipinski definition) is 4. The summed E-state index contributed by atoms with van der Waals surface area (Å²) in [6.45, 7) is 4.84. The molecule has 116 valence electrons. The van der Waals surface area contributed by atoms with Crippen molar-refractivity contribution in [2.75, 3.05) is 18.4 Å². The summed E-state index contributed by atoms with van der Waals surface area (Å²) in [5.74, 6) is 0.502. The Morgan fingerprint density at radius 2 is 2.18 bits per heavy atom. The minimum Gasteiger partial charge on any atom is -0.336 e. The van der Waals surface area contributed by atoms with Gasteiger partial charge in [-0.05, 0) is 25.5 Å². The Hall–Kier alpha value is -2.15. The lowest BCUT2D eigenvalue weighted by Gasteiger charge is -2.15. The maximum atomic E-state index is 12.4. The summed E-state index contributed by atoms with van der Waals surface area (Å²) >= 11 is 1.53. The number of hydrogen-bond donors (Lipinski definition) is 1. The number of thiophene rings is 1. The molecule has 1 fully saturated rings. The van der Waals surface area contributed by atoms with Crippen LogP contribution >= 0.6 is 11.3 Å². The monoisotopic (exact) mass is 318 g/mol. The Morgan fingerprint density at radius 3 is 2.86 bits per heavy atom. The molecule has 0 spiro atoms. The third-order valence-corrected chi connectivity index (χ3v) is 4.68. The molecule has 3 rings (SSSR count). The zero-order valence-corrected chi connectivity index (χ0v) is 13.4. The van der Waals surface area contributed by atoms with Crippen LogP contribution in [-0.2, 0) is 4.79 Å². The van der Waals surface area contributed by atoms with Crippen molar-refractivity contribution in [2.45, 2.75) is 26.3 Å². The number of aromatic nitrogens is 2. The molecule has 0 radical (unpaired) electrons. The molecule has 6 nitrogen and oxygen atoms in total. The average Bonchev–Trinajstić information content (AvgIpc) is 3.16. The second-order valence-electron chi connectivity index (χ2n) is 5.47. The molecule has 1 saturated heterocycles. The van der Waals surface area contributed by atoms with Gasteiger partial charge < -0.3 is 10.2 Å². The maximum absolute atomic E-state index is 12.4. The average molecular weight is 318 g/mol. The summed E-state index contributed by atoms with van der Waals surface area (Å²) in [6, 6.07) is 5.79. The van der Waals surface area contributed by atoms with E-state index in [0.717, 1.165) is 22.7 Å². The molecule has 0 aromatic carbocycles. The van der Waals surface area contributed by atoms with Gasteiger partial charge in [0, 0.05) is 37.2 Å². The Balaban J connectivity index is 1.65. The molecule has 1 aliphatic rings. The van der Waals surface area contributed by atoms with Crippen molar-refractivity contribution in [1.29, 1.82) is 0 Å². The third kappa shape index (κ3) is 3.04. The van der Waals surface area contributed by atoms with Gasteiger partial charge in [0.25, 0.3) is 5.91 Å². The predicted octanol–water partition coefficient (Wildman–Crippen LogP) is 2.30. The van der Waals surface area contributed by atoms with E-state index in [2.05, 4.69) is 10.4 Å². The van der Waals surface area contributed by atoms with Crippen molar-refractivity contribution in [1.82, 2.24) is 14.7 Å². The Labute approximate surface area is 132 Å². The largest absolute Gasteiger partial charge is 0.336 e. The molecule has 2 aromatic rings. The van der Waals surface area contributed by atoms with Gasteiger partial charge in [-0.1, -0.05) is 0 Å². The van der Waals surface area contributed by atoms with E-state index in [1.165, 1.54) is 18.3 Å². The summed E-state index contributed by atoms with van der Waals surface area (Å²) in [7, 11) is 0. The van der Waals surface area contributed by atoms with Crippen LogP contribution in [-0.4, -0.2) is 39.6 Å². The van der Waals surface area contributed by atoms with Gasteiger partial charge in [-0.2, -0.15) is 5.10 Å². The highest BCUT2D eigenvalue weighted by Gasteiger charge is 2.29. The topological polar surface area (TPSA) is 67.2 Å². The van der Waals surface area contributed by atoms with Crippen molar-refractivity contribution in [2.24, 2.45) is 0 Å². The van der Waals surface area contributed by atoms with E-state index in [4.69, 9.17) is 0 Å². The molecule has 1 aliphatic heterocycles. The Bertz CT molecular complexity index is 706. The van der Waals surface area contributed by atoms with Crippen LogP contribution in [0.1, 0.15) is 33.9 Å². The van der Waals surface area contributed by atoms with E-state index in [0.29, 0.717) is 12.4 Å². The lowest BCUT2D eigenvalue weighted by atomic mass is 10.3. The minimum absolute atomic E-state index is 0.0924. The fourth-order valence-corrected chi connectivity index (χ4v) is 3.47. The standard InChI is InChI=1S/C15H18N4O2S/c1-10-3-4-13(22-10)15(21)18-7-5-12(9-18)19-8-6-14(17-19)16-11(2)20/h3-4,6,8,12H,5,7,9H2,1-2H3,(H,16,17,20)/t12-/m0/s1. The van der Waals surface area contributed by atoms with Gasteiger partial charge in [0.05, 0.1) is 10.9 Å². The number of nitrogens with zero attached hydrogens (tertiary/aromatic N) is 3. The number of carbonyl (C=O) groups is 2. The number of likely N-dealkylation sites (tertiary alicyclic amines) is 1. The first-order chi connectivity index (χ1) is 10.5. The first-order valence-electron chi connectivity index (χ1n) is 7.21. The van der Waals surface area contributed by atoms with Crippen molar-refractivity contribution in [3.8, 4) is 0 Å². The number of rotatable bonds is 3. The van der Waals surface area contributed by atoms with Crippen LogP contribution in [0.25, 0.3) is 0 Å². The Morgan fingerprint density at radius 1 is 1.36 bits per heavy atom. The molecular formula is C15H18N4O2S. The van der Waals surface area contributed by atoms with Gasteiger partial charge in [-0.3, -0.25) is 14.3 Å². The normalized spacial score (nSPS) is 17.7. The third-order valence-electron chi connectivity index (χ3n) is 3.69. The summed E-state index contributed by atoms with van der Waals surface area (Å²) in [6.07, 6.45) is 2.72. The van der Waals surface area contributed by atoms with Gasteiger partial charge in [0.1, 0.15) is 0 Å². The molecule has 0 unspecified atom stereocenters. The molecule has 1 atom stereocenters. The highest BCUT2D eigenvalue weighted by molar-refractivity contribution is 7.13. The van der Waals surface area contributed by atoms with E-state index in [-0.39, 0.29) is 17.9 Å². The summed E-state index contributed by atoms with van der Waals surface area (Å²) in [5, 5.41) is 7.01. The summed E-state index contributed by atoms with van der Waals surface area (Å²) < 4.78 is 1.83. The van der Waals surface area contributed by atoms with Gasteiger partial charge in [0.15, 0.2) is 5.82 Å². The highest BCUT2D eigenvalue weighted by Crippen LogP contribution is 2.25. The lowest BCUT2D eigenvalue weighted by Crippen LogP contribution is -2.28. The second kappa shape index (κ2) is 5.92. The molecule has 2 amide bonds. The van der Waals surface area contributed by atoms with E-state index >= 15 is 0 Å². The quantitative estimate of drug-likeness (QED) is 0.944. The van der Waals surface area contributed by atoms with Crippen molar-refractivity contribution in [3.63, 3.8) is 0 Å². The van der Waals surface area contributed by atoms with Gasteiger partial charge >= 0.3 is 0 Å². The minimum atomic E-state index is -0.137. The Kier molecular flexibility index (Phi) is 3.98. The van der Waals surface area contributed by atoms with E-state index < -0.39 is 0 Å². The zero-order valence-electron chi connectivity index (χ0n) is 12.6. The molecule has 3 heterocycles. The molecule has 22 heavy (non-hydrogen) atoms. The lowest BCUT2D eigenvalue weighted by molar-refractivity contribution is -0.114. The van der Waals surface area contributed by atoms with Crippen LogP contribution < -0.4 is 5.32 Å². The van der Waals surface area contributed by atoms with E-state index in [1.54, 1.807) is 6.07 Å². The van der Waals surface area contributed by atoms with E-state index in [9.17, 15) is 9.59 Å². The predicted molar refractivity (Wildman–Crippen MR) is 85.1 cm³/mol. The van der Waals surface area contributed by atoms with Gasteiger partial charge in [0.2, 0.25) is 5.91 Å². The second-order valence-corrected chi connectivity index (χ2v) is 6.75. The van der Waals surface area contributed by atoms with Crippen molar-refractivity contribution < 1.29 is 9.59 Å². The number of anilines is 1. The first kappa shape index (κ1) is 14.8. The first-order valence-corrected chi connectivity index (χ1v) is 8.03. The van der Waals surface area contributed by atoms with Crippen molar-refractivity contribution in [3.05, 3.63) is 34.2 Å². The fraction of sp³-hybridized carbons (Fsp3) is 0.400. The molecule has 0 bridgehead atoms. The zero-order chi connectivity index (χ0) is 15.7. The highest BCUT2D eigenvalue weighted by atomic mass is 32.1. The molecular weight excluding hydrogens is 300 g/mol. The molecule has 1 N–H and O–H groups in total.